The summed E-state index contributed by atoms with van der Waals surface area (Å²) in [5.41, 5.74) is 6.44. The summed E-state index contributed by atoms with van der Waals surface area (Å²) in [6.45, 7) is 1.42. The van der Waals surface area contributed by atoms with Gasteiger partial charge in [-0.3, -0.25) is 9.79 Å². The fraction of sp³-hybridized carbons (Fsp3) is 0.389. The molecule has 28 heavy (non-hydrogen) atoms. The van der Waals surface area contributed by atoms with Crippen molar-refractivity contribution in [3.8, 4) is 11.5 Å². The van der Waals surface area contributed by atoms with Gasteiger partial charge in [-0.2, -0.15) is 0 Å². The maximum atomic E-state index is 12.5. The predicted octanol–water partition coefficient (Wildman–Crippen LogP) is 1.15. The quantitative estimate of drug-likeness (QED) is 0.433. The summed E-state index contributed by atoms with van der Waals surface area (Å²) in [7, 11) is 2.92. The van der Waals surface area contributed by atoms with Gasteiger partial charge in [0.2, 0.25) is 0 Å². The number of methoxy groups -OCH3 is 1. The molecule has 0 spiro atoms. The summed E-state index contributed by atoms with van der Waals surface area (Å²) in [6, 6.07) is 5.55. The molecule has 0 aliphatic carbocycles. The lowest BCUT2D eigenvalue weighted by Gasteiger charge is -2.24. The monoisotopic (exact) mass is 385 g/mol. The zero-order valence-corrected chi connectivity index (χ0v) is 15.8. The van der Waals surface area contributed by atoms with E-state index in [-0.39, 0.29) is 17.5 Å². The smallest absolute Gasteiger partial charge is 0.263 e. The first-order valence-corrected chi connectivity index (χ1v) is 8.86. The van der Waals surface area contributed by atoms with E-state index in [4.69, 9.17) is 15.2 Å². The molecule has 0 radical (unpaired) electrons. The van der Waals surface area contributed by atoms with Crippen molar-refractivity contribution in [1.29, 1.82) is 0 Å². The molecule has 10 nitrogen and oxygen atoms in total. The summed E-state index contributed by atoms with van der Waals surface area (Å²) in [5, 5.41) is 11.0. The Kier molecular flexibility index (Phi) is 6.33. The molecule has 148 valence electrons. The van der Waals surface area contributed by atoms with Crippen molar-refractivity contribution in [1.82, 2.24) is 19.7 Å². The molecule has 2 aromatic heterocycles. The van der Waals surface area contributed by atoms with Crippen LogP contribution in [0.5, 0.6) is 0 Å². The molecule has 3 heterocycles. The van der Waals surface area contributed by atoms with Crippen LogP contribution in [-0.2, 0) is 14.3 Å². The third kappa shape index (κ3) is 4.34. The Bertz CT molecular complexity index is 885. The summed E-state index contributed by atoms with van der Waals surface area (Å²) >= 11 is 0. The van der Waals surface area contributed by atoms with E-state index in [0.29, 0.717) is 30.5 Å². The lowest BCUT2D eigenvalue weighted by Crippen LogP contribution is -2.21. The minimum absolute atomic E-state index is 0.0292. The highest BCUT2D eigenvalue weighted by molar-refractivity contribution is 6.17. The molecule has 0 unspecified atom stereocenters. The van der Waals surface area contributed by atoms with E-state index in [1.54, 1.807) is 18.5 Å². The van der Waals surface area contributed by atoms with Gasteiger partial charge < -0.3 is 25.1 Å². The van der Waals surface area contributed by atoms with E-state index >= 15 is 0 Å². The van der Waals surface area contributed by atoms with Crippen LogP contribution < -0.4 is 11.1 Å². The first-order valence-electron chi connectivity index (χ1n) is 8.86. The Morgan fingerprint density at radius 1 is 1.43 bits per heavy atom. The molecule has 10 heteroatoms. The van der Waals surface area contributed by atoms with Gasteiger partial charge in [0.25, 0.3) is 5.91 Å². The third-order valence-corrected chi connectivity index (χ3v) is 4.37. The van der Waals surface area contributed by atoms with Crippen molar-refractivity contribution < 1.29 is 14.3 Å². The zero-order chi connectivity index (χ0) is 19.9. The van der Waals surface area contributed by atoms with Crippen LogP contribution in [0.25, 0.3) is 11.5 Å². The Labute approximate surface area is 162 Å². The number of amides is 1. The van der Waals surface area contributed by atoms with Crippen LogP contribution in [0.3, 0.4) is 0 Å². The normalized spacial score (nSPS) is 16.1. The minimum atomic E-state index is -0.472. The molecule has 0 bridgehead atoms. The van der Waals surface area contributed by atoms with E-state index < -0.39 is 5.91 Å². The molecule has 1 fully saturated rings. The largest absolute Gasteiger partial charge is 0.482 e. The Balaban J connectivity index is 1.84. The average Bonchev–Trinajstić information content (AvgIpc) is 3.22. The van der Waals surface area contributed by atoms with Crippen molar-refractivity contribution in [2.45, 2.75) is 18.9 Å². The number of carbonyl (C=O) groups is 1. The van der Waals surface area contributed by atoms with Crippen LogP contribution >= 0.6 is 0 Å². The van der Waals surface area contributed by atoms with Crippen LogP contribution in [0.4, 0.5) is 5.82 Å². The number of aliphatic imine (C=N–C) groups is 1. The summed E-state index contributed by atoms with van der Waals surface area (Å²) in [6.07, 6.45) is 4.82. The molecular weight excluding hydrogens is 362 g/mol. The Hall–Kier alpha value is -3.27. The second kappa shape index (κ2) is 9.09. The molecule has 2 aromatic rings. The zero-order valence-electron chi connectivity index (χ0n) is 15.8. The average molecular weight is 385 g/mol. The SMILES string of the molecule is CN=CC(C(=O)Nc1cccc(-c2nncn2C2CCOCC2)n1)=C(N)OC. The molecular formula is C18H23N7O3. The van der Waals surface area contributed by atoms with Crippen LogP contribution in [-0.4, -0.2) is 59.2 Å². The molecule has 0 atom stereocenters. The van der Waals surface area contributed by atoms with Gasteiger partial charge in [0, 0.05) is 32.5 Å². The van der Waals surface area contributed by atoms with E-state index in [2.05, 4.69) is 25.5 Å². The van der Waals surface area contributed by atoms with Gasteiger partial charge in [0.05, 0.1) is 7.11 Å². The third-order valence-electron chi connectivity index (χ3n) is 4.37. The highest BCUT2D eigenvalue weighted by Crippen LogP contribution is 2.26. The van der Waals surface area contributed by atoms with Gasteiger partial charge in [0.1, 0.15) is 23.4 Å². The molecule has 1 saturated heterocycles. The summed E-state index contributed by atoms with van der Waals surface area (Å²) in [5.74, 6) is 0.499. The number of nitrogens with two attached hydrogens (primary N) is 1. The van der Waals surface area contributed by atoms with Gasteiger partial charge in [-0.15, -0.1) is 10.2 Å². The number of aromatic nitrogens is 4. The first kappa shape index (κ1) is 19.5. The molecule has 1 amide bonds. The highest BCUT2D eigenvalue weighted by Gasteiger charge is 2.21. The molecule has 1 aliphatic heterocycles. The van der Waals surface area contributed by atoms with Crippen LogP contribution in [0.2, 0.25) is 0 Å². The number of carbonyl (C=O) groups excluding carboxylic acids is 1. The van der Waals surface area contributed by atoms with Crippen LogP contribution in [0.15, 0.2) is 41.0 Å². The number of anilines is 1. The van der Waals surface area contributed by atoms with Gasteiger partial charge in [-0.05, 0) is 25.0 Å². The van der Waals surface area contributed by atoms with Crippen molar-refractivity contribution in [2.75, 3.05) is 32.7 Å². The fourth-order valence-electron chi connectivity index (χ4n) is 2.94. The van der Waals surface area contributed by atoms with Gasteiger partial charge in [-0.1, -0.05) is 6.07 Å². The fourth-order valence-corrected chi connectivity index (χ4v) is 2.94. The van der Waals surface area contributed by atoms with Gasteiger partial charge in [0.15, 0.2) is 11.7 Å². The van der Waals surface area contributed by atoms with Gasteiger partial charge in [-0.25, -0.2) is 4.98 Å². The maximum Gasteiger partial charge on any atom is 0.263 e. The summed E-state index contributed by atoms with van der Waals surface area (Å²) in [4.78, 5) is 20.8. The molecule has 1 aliphatic rings. The standard InChI is InChI=1S/C18H23N7O3/c1-20-10-13(16(19)27-2)18(26)23-15-5-3-4-14(22-15)17-24-21-11-25(17)12-6-8-28-9-7-12/h3-5,10-12H,6-9,19H2,1-2H3,(H,22,23,26). The predicted molar refractivity (Wildman–Crippen MR) is 104 cm³/mol. The molecule has 3 rings (SSSR count). The minimum Gasteiger partial charge on any atom is -0.482 e. The highest BCUT2D eigenvalue weighted by atomic mass is 16.5. The molecule has 0 saturated carbocycles. The number of rotatable bonds is 6. The number of ether oxygens (including phenoxy) is 2. The Morgan fingerprint density at radius 3 is 2.93 bits per heavy atom. The van der Waals surface area contributed by atoms with Crippen molar-refractivity contribution in [3.63, 3.8) is 0 Å². The maximum absolute atomic E-state index is 12.5. The van der Waals surface area contributed by atoms with Crippen molar-refractivity contribution >= 4 is 17.9 Å². The van der Waals surface area contributed by atoms with E-state index in [1.165, 1.54) is 20.4 Å². The molecule has 0 aromatic carbocycles. The van der Waals surface area contributed by atoms with E-state index in [1.807, 2.05) is 10.6 Å². The van der Waals surface area contributed by atoms with E-state index in [0.717, 1.165) is 12.8 Å². The number of hydrogen-bond acceptors (Lipinski definition) is 8. The van der Waals surface area contributed by atoms with Gasteiger partial charge >= 0.3 is 0 Å². The lowest BCUT2D eigenvalue weighted by molar-refractivity contribution is -0.112. The number of pyridine rings is 1. The Morgan fingerprint density at radius 2 is 2.21 bits per heavy atom. The van der Waals surface area contributed by atoms with Crippen molar-refractivity contribution in [3.05, 3.63) is 36.0 Å². The number of hydrogen-bond donors (Lipinski definition) is 2. The van der Waals surface area contributed by atoms with E-state index in [9.17, 15) is 4.79 Å². The second-order valence-corrected chi connectivity index (χ2v) is 6.14. The number of nitrogens with zero attached hydrogens (tertiary/aromatic N) is 5. The topological polar surface area (TPSA) is 130 Å². The lowest BCUT2D eigenvalue weighted by atomic mass is 10.1. The van der Waals surface area contributed by atoms with Crippen LogP contribution in [0.1, 0.15) is 18.9 Å². The second-order valence-electron chi connectivity index (χ2n) is 6.14. The van der Waals surface area contributed by atoms with Crippen molar-refractivity contribution in [2.24, 2.45) is 10.7 Å². The molecule has 3 N–H and O–H groups in total. The summed E-state index contributed by atoms with van der Waals surface area (Å²) < 4.78 is 12.4. The number of nitrogens with one attached hydrogen (secondary N) is 1. The first-order chi connectivity index (χ1) is 13.6. The van der Waals surface area contributed by atoms with Crippen LogP contribution in [0, 0.1) is 0 Å².